The lowest BCUT2D eigenvalue weighted by Crippen LogP contribution is -2.31. The number of hydrogen-bond acceptors (Lipinski definition) is 4. The number of pyridine rings is 2. The maximum Gasteiger partial charge on any atom is 0.217 e. The average molecular weight is 626 g/mol. The molecule has 0 bridgehead atoms. The van der Waals surface area contributed by atoms with Crippen molar-refractivity contribution in [2.75, 3.05) is 26.9 Å². The molecule has 0 saturated carbocycles. The van der Waals surface area contributed by atoms with E-state index < -0.39 is 0 Å². The van der Waals surface area contributed by atoms with Crippen molar-refractivity contribution in [3.63, 3.8) is 0 Å². The Morgan fingerprint density at radius 1 is 1.00 bits per heavy atom. The van der Waals surface area contributed by atoms with Crippen molar-refractivity contribution >= 4 is 34.8 Å². The highest BCUT2D eigenvalue weighted by atomic mass is 35.5. The third-order valence-electron chi connectivity index (χ3n) is 7.37. The summed E-state index contributed by atoms with van der Waals surface area (Å²) in [6.07, 6.45) is 5.24. The van der Waals surface area contributed by atoms with Gasteiger partial charge in [-0.25, -0.2) is 4.98 Å². The van der Waals surface area contributed by atoms with Crippen molar-refractivity contribution in [3.8, 4) is 39.5 Å². The topological polar surface area (TPSA) is 38.3 Å². The predicted octanol–water partition coefficient (Wildman–Crippen LogP) is 9.76. The molecule has 0 aliphatic carbocycles. The molecule has 1 aliphatic rings. The molecule has 42 heavy (non-hydrogen) atoms. The van der Waals surface area contributed by atoms with Gasteiger partial charge in [0.05, 0.1) is 35.2 Å². The van der Waals surface area contributed by atoms with E-state index in [4.69, 9.17) is 44.5 Å². The molecule has 2 aromatic heterocycles. The first-order valence-corrected chi connectivity index (χ1v) is 15.2. The lowest BCUT2D eigenvalue weighted by atomic mass is 9.88. The summed E-state index contributed by atoms with van der Waals surface area (Å²) >= 11 is 20.9. The molecule has 3 heterocycles. The van der Waals surface area contributed by atoms with Gasteiger partial charge in [0.2, 0.25) is 5.88 Å². The number of fused-ring (bicyclic) bond motifs is 1. The van der Waals surface area contributed by atoms with Gasteiger partial charge in [0.1, 0.15) is 0 Å². The van der Waals surface area contributed by atoms with Gasteiger partial charge in [-0.1, -0.05) is 79.8 Å². The van der Waals surface area contributed by atoms with Gasteiger partial charge in [0, 0.05) is 65.1 Å². The van der Waals surface area contributed by atoms with E-state index in [9.17, 15) is 4.39 Å². The fraction of sp³-hybridized carbons (Fsp3) is 0.324. The smallest absolute Gasteiger partial charge is 0.217 e. The largest absolute Gasteiger partial charge is 0.481 e. The first-order chi connectivity index (χ1) is 20.1. The van der Waals surface area contributed by atoms with Gasteiger partial charge in [0.15, 0.2) is 0 Å². The normalized spacial score (nSPS) is 13.7. The monoisotopic (exact) mass is 624 g/mol. The molecule has 4 aromatic rings. The summed E-state index contributed by atoms with van der Waals surface area (Å²) in [6, 6.07) is 15.7. The van der Waals surface area contributed by atoms with Crippen LogP contribution in [0.4, 0.5) is 4.39 Å². The summed E-state index contributed by atoms with van der Waals surface area (Å²) in [5, 5.41) is 1.70. The highest BCUT2D eigenvalue weighted by Gasteiger charge is 2.23. The van der Waals surface area contributed by atoms with Crippen LogP contribution in [0.15, 0.2) is 54.7 Å². The van der Waals surface area contributed by atoms with Crippen LogP contribution in [0.5, 0.6) is 5.88 Å². The number of methoxy groups -OCH3 is 1. The van der Waals surface area contributed by atoms with E-state index in [0.29, 0.717) is 45.3 Å². The molecule has 2 aromatic carbocycles. The number of hydrogen-bond donors (Lipinski definition) is 0. The summed E-state index contributed by atoms with van der Waals surface area (Å²) < 4.78 is 18.3. The van der Waals surface area contributed by atoms with Crippen molar-refractivity contribution in [1.82, 2.24) is 14.9 Å². The summed E-state index contributed by atoms with van der Waals surface area (Å²) in [7, 11) is 1.62. The molecule has 4 nitrogen and oxygen atoms in total. The highest BCUT2D eigenvalue weighted by Crippen LogP contribution is 2.43. The van der Waals surface area contributed by atoms with Crippen molar-refractivity contribution < 1.29 is 9.13 Å². The van der Waals surface area contributed by atoms with Crippen LogP contribution in [-0.4, -0.2) is 41.7 Å². The number of benzene rings is 2. The van der Waals surface area contributed by atoms with Crippen molar-refractivity contribution in [3.05, 3.63) is 92.9 Å². The quantitative estimate of drug-likeness (QED) is 0.195. The van der Waals surface area contributed by atoms with Crippen molar-refractivity contribution in [2.24, 2.45) is 5.41 Å². The third-order valence-corrected chi connectivity index (χ3v) is 8.50. The first-order valence-electron chi connectivity index (χ1n) is 14.0. The summed E-state index contributed by atoms with van der Waals surface area (Å²) in [5.74, 6) is 0.544. The second kappa shape index (κ2) is 12.9. The first kappa shape index (κ1) is 30.7. The maximum absolute atomic E-state index is 12.7. The van der Waals surface area contributed by atoms with Crippen LogP contribution in [0.3, 0.4) is 0 Å². The highest BCUT2D eigenvalue weighted by molar-refractivity contribution is 6.39. The Hall–Kier alpha value is -2.70. The molecule has 219 valence electrons. The molecule has 0 saturated heterocycles. The van der Waals surface area contributed by atoms with Crippen LogP contribution in [0.2, 0.25) is 15.1 Å². The van der Waals surface area contributed by atoms with Crippen LogP contribution < -0.4 is 4.74 Å². The van der Waals surface area contributed by atoms with Gasteiger partial charge in [0.25, 0.3) is 0 Å². The van der Waals surface area contributed by atoms with Gasteiger partial charge in [-0.15, -0.1) is 0 Å². The van der Waals surface area contributed by atoms with Crippen LogP contribution in [0.25, 0.3) is 33.6 Å². The molecular weight excluding hydrogens is 592 g/mol. The van der Waals surface area contributed by atoms with E-state index in [-0.39, 0.29) is 12.1 Å². The minimum Gasteiger partial charge on any atom is -0.481 e. The lowest BCUT2D eigenvalue weighted by molar-refractivity contribution is 0.241. The minimum atomic E-state index is -0.309. The molecule has 1 radical (unpaired) electrons. The van der Waals surface area contributed by atoms with Crippen LogP contribution in [-0.2, 0) is 13.0 Å². The molecule has 0 amide bonds. The molecule has 0 fully saturated rings. The minimum absolute atomic E-state index is 0.0252. The van der Waals surface area contributed by atoms with E-state index in [1.807, 2.05) is 42.5 Å². The van der Waals surface area contributed by atoms with Gasteiger partial charge in [-0.3, -0.25) is 14.3 Å². The maximum atomic E-state index is 12.7. The molecule has 1 aliphatic heterocycles. The number of ether oxygens (including phenoxy) is 1. The van der Waals surface area contributed by atoms with Crippen LogP contribution in [0, 0.1) is 11.8 Å². The summed E-state index contributed by atoms with van der Waals surface area (Å²) in [6.45, 7) is 8.40. The Bertz CT molecular complexity index is 1600. The molecule has 0 spiro atoms. The summed E-state index contributed by atoms with van der Waals surface area (Å²) in [5.41, 5.74) is 7.68. The van der Waals surface area contributed by atoms with Gasteiger partial charge >= 0.3 is 0 Å². The second-order valence-electron chi connectivity index (χ2n) is 11.7. The molecule has 0 N–H and O–H groups in total. The fourth-order valence-corrected chi connectivity index (χ4v) is 6.36. The van der Waals surface area contributed by atoms with E-state index in [2.05, 4.69) is 43.1 Å². The predicted molar refractivity (Wildman–Crippen MR) is 172 cm³/mol. The molecule has 0 atom stereocenters. The molecular formula is C34H34Cl3FN3O. The average Bonchev–Trinajstić information content (AvgIpc) is 2.96. The van der Waals surface area contributed by atoms with E-state index in [0.717, 1.165) is 52.9 Å². The van der Waals surface area contributed by atoms with Gasteiger partial charge in [-0.2, -0.15) is 0 Å². The molecule has 8 heteroatoms. The summed E-state index contributed by atoms with van der Waals surface area (Å²) in [4.78, 5) is 11.7. The van der Waals surface area contributed by atoms with E-state index >= 15 is 0 Å². The van der Waals surface area contributed by atoms with Crippen molar-refractivity contribution in [2.45, 2.75) is 40.2 Å². The van der Waals surface area contributed by atoms with E-state index in [1.54, 1.807) is 13.3 Å². The van der Waals surface area contributed by atoms with E-state index in [1.165, 1.54) is 5.56 Å². The number of alkyl halides is 1. The molecule has 5 rings (SSSR count). The van der Waals surface area contributed by atoms with Gasteiger partial charge < -0.3 is 4.74 Å². The number of nitrogens with zero attached hydrogens (tertiary/aromatic N) is 3. The fourth-order valence-electron chi connectivity index (χ4n) is 5.42. The zero-order valence-electron chi connectivity index (χ0n) is 24.3. The zero-order valence-corrected chi connectivity index (χ0v) is 26.5. The van der Waals surface area contributed by atoms with Crippen LogP contribution in [0.1, 0.15) is 43.9 Å². The number of halogens is 4. The third kappa shape index (κ3) is 6.60. The SMILES string of the molecule is COc1nc(-c2cccc(-c3ccnc(-c4cc(Cl)c5c(c4)CCN(CCCF)C5)c3Cl)c2Cl)ccc1[CH]C(C)(C)C. The number of rotatable bonds is 8. The zero-order chi connectivity index (χ0) is 30.0. The Morgan fingerprint density at radius 3 is 2.50 bits per heavy atom. The Labute approximate surface area is 262 Å². The van der Waals surface area contributed by atoms with Crippen molar-refractivity contribution in [1.29, 1.82) is 0 Å². The van der Waals surface area contributed by atoms with Gasteiger partial charge in [-0.05, 0) is 53.6 Å². The Balaban J connectivity index is 1.50. The van der Waals surface area contributed by atoms with Crippen LogP contribution >= 0.6 is 34.8 Å². The number of aromatic nitrogens is 2. The standard InChI is InChI=1S/C34H34Cl3FN3O/c1-34(2,3)19-22-9-10-29(40-33(22)42-4)26-8-5-7-24(30(26)36)25-11-14-39-32(31(25)37)23-17-21-12-16-41(15-6-13-38)20-27(21)28(35)18-23/h5,7-11,14,17-19H,6,12-13,15-16,20H2,1-4H3. The lowest BCUT2D eigenvalue weighted by Gasteiger charge is -2.29. The second-order valence-corrected chi connectivity index (χ2v) is 12.8. The Kier molecular flexibility index (Phi) is 9.44. The molecule has 0 unspecified atom stereocenters. The Morgan fingerprint density at radius 2 is 1.76 bits per heavy atom.